The molecular weight excluding hydrogens is 370 g/mol. The van der Waals surface area contributed by atoms with Crippen molar-refractivity contribution in [3.8, 4) is 5.75 Å². The Morgan fingerprint density at radius 3 is 2.67 bits per heavy atom. The van der Waals surface area contributed by atoms with Crippen LogP contribution in [0.3, 0.4) is 0 Å². The predicted molar refractivity (Wildman–Crippen MR) is 76.8 cm³/mol. The Kier molecular flexibility index (Phi) is 4.80. The molecule has 0 fully saturated rings. The van der Waals surface area contributed by atoms with E-state index in [-0.39, 0.29) is 28.5 Å². The van der Waals surface area contributed by atoms with Gasteiger partial charge in [-0.25, -0.2) is 13.6 Å². The van der Waals surface area contributed by atoms with Crippen LogP contribution >= 0.6 is 27.5 Å². The Hall–Kier alpha value is -1.66. The van der Waals surface area contributed by atoms with E-state index >= 15 is 0 Å². The largest absolute Gasteiger partial charge is 0.488 e. The number of carboxylic acid groups (broad SMARTS) is 1. The average molecular weight is 378 g/mol. The molecule has 0 radical (unpaired) electrons. The summed E-state index contributed by atoms with van der Waals surface area (Å²) >= 11 is 8.75. The third-order valence-electron chi connectivity index (χ3n) is 2.66. The van der Waals surface area contributed by atoms with Gasteiger partial charge in [0, 0.05) is 11.6 Å². The predicted octanol–water partition coefficient (Wildman–Crippen LogP) is 4.66. The number of aromatic carboxylic acids is 1. The monoisotopic (exact) mass is 376 g/mol. The Morgan fingerprint density at radius 1 is 1.29 bits per heavy atom. The van der Waals surface area contributed by atoms with Crippen molar-refractivity contribution in [2.24, 2.45) is 0 Å². The molecule has 2 rings (SSSR count). The lowest BCUT2D eigenvalue weighted by atomic mass is 10.1. The first kappa shape index (κ1) is 15.7. The van der Waals surface area contributed by atoms with E-state index in [9.17, 15) is 13.6 Å². The number of benzene rings is 2. The molecule has 7 heteroatoms. The summed E-state index contributed by atoms with van der Waals surface area (Å²) in [5, 5.41) is 8.95. The highest BCUT2D eigenvalue weighted by atomic mass is 79.9. The number of hydrogen-bond donors (Lipinski definition) is 1. The molecule has 0 saturated carbocycles. The smallest absolute Gasteiger partial charge is 0.336 e. The van der Waals surface area contributed by atoms with Gasteiger partial charge in [-0.15, -0.1) is 0 Å². The van der Waals surface area contributed by atoms with Gasteiger partial charge in [-0.05, 0) is 40.2 Å². The second-order valence-electron chi connectivity index (χ2n) is 4.09. The van der Waals surface area contributed by atoms with E-state index in [1.165, 1.54) is 6.07 Å². The molecule has 2 aromatic rings. The van der Waals surface area contributed by atoms with Gasteiger partial charge in [0.05, 0.1) is 15.1 Å². The first-order valence-corrected chi connectivity index (χ1v) is 6.84. The van der Waals surface area contributed by atoms with Crippen LogP contribution < -0.4 is 4.74 Å². The first-order chi connectivity index (χ1) is 9.88. The average Bonchev–Trinajstić information content (AvgIpc) is 2.41. The molecule has 0 aliphatic heterocycles. The maximum Gasteiger partial charge on any atom is 0.336 e. The van der Waals surface area contributed by atoms with Gasteiger partial charge in [-0.3, -0.25) is 0 Å². The molecule has 0 amide bonds. The summed E-state index contributed by atoms with van der Waals surface area (Å²) in [6.07, 6.45) is 0. The molecule has 0 aromatic heterocycles. The molecule has 2 aromatic carbocycles. The Bertz CT molecular complexity index is 707. The molecule has 21 heavy (non-hydrogen) atoms. The lowest BCUT2D eigenvalue weighted by molar-refractivity contribution is 0.0694. The third kappa shape index (κ3) is 3.71. The molecule has 0 spiro atoms. The van der Waals surface area contributed by atoms with Gasteiger partial charge in [0.1, 0.15) is 24.0 Å². The molecule has 0 saturated heterocycles. The van der Waals surface area contributed by atoms with Crippen molar-refractivity contribution in [2.75, 3.05) is 0 Å². The summed E-state index contributed by atoms with van der Waals surface area (Å²) in [4.78, 5) is 11.0. The number of carboxylic acids is 1. The molecule has 1 N–H and O–H groups in total. The summed E-state index contributed by atoms with van der Waals surface area (Å²) in [5.41, 5.74) is 0.0618. The summed E-state index contributed by atoms with van der Waals surface area (Å²) in [5.74, 6) is -2.32. The summed E-state index contributed by atoms with van der Waals surface area (Å²) in [6.45, 7) is -0.223. The Morgan fingerprint density at radius 2 is 2.00 bits per heavy atom. The fourth-order valence-corrected chi connectivity index (χ4v) is 2.41. The highest BCUT2D eigenvalue weighted by Gasteiger charge is 2.13. The minimum Gasteiger partial charge on any atom is -0.488 e. The van der Waals surface area contributed by atoms with Crippen LogP contribution in [0.2, 0.25) is 5.02 Å². The number of ether oxygens (including phenoxy) is 1. The van der Waals surface area contributed by atoms with Crippen LogP contribution in [0.4, 0.5) is 8.78 Å². The van der Waals surface area contributed by atoms with Gasteiger partial charge < -0.3 is 9.84 Å². The molecular formula is C14H8BrClF2O3. The van der Waals surface area contributed by atoms with Crippen molar-refractivity contribution in [2.45, 2.75) is 6.61 Å². The zero-order valence-corrected chi connectivity index (χ0v) is 12.7. The highest BCUT2D eigenvalue weighted by Crippen LogP contribution is 2.31. The highest BCUT2D eigenvalue weighted by molar-refractivity contribution is 9.10. The number of hydrogen-bond acceptors (Lipinski definition) is 2. The van der Waals surface area contributed by atoms with E-state index in [0.29, 0.717) is 4.47 Å². The molecule has 0 aliphatic carbocycles. The molecule has 0 aliphatic rings. The minimum atomic E-state index is -1.20. The van der Waals surface area contributed by atoms with E-state index in [0.717, 1.165) is 24.3 Å². The second kappa shape index (κ2) is 6.41. The molecule has 110 valence electrons. The van der Waals surface area contributed by atoms with Crippen LogP contribution in [0.1, 0.15) is 15.9 Å². The van der Waals surface area contributed by atoms with Crippen molar-refractivity contribution >= 4 is 33.5 Å². The zero-order chi connectivity index (χ0) is 15.6. The number of rotatable bonds is 4. The zero-order valence-electron chi connectivity index (χ0n) is 10.4. The summed E-state index contributed by atoms with van der Waals surface area (Å²) in [6, 6.07) is 5.63. The SMILES string of the molecule is O=C(O)c1ccc(F)cc1COc1cc(F)c(Cl)cc1Br. The van der Waals surface area contributed by atoms with Crippen molar-refractivity contribution in [3.63, 3.8) is 0 Å². The standard InChI is InChI=1S/C14H8BrClF2O3/c15-10-4-11(16)12(18)5-13(10)21-6-7-3-8(17)1-2-9(7)14(19)20/h1-5H,6H2,(H,19,20). The van der Waals surface area contributed by atoms with E-state index in [4.69, 9.17) is 21.4 Å². The number of halogens is 4. The van der Waals surface area contributed by atoms with E-state index < -0.39 is 17.6 Å². The van der Waals surface area contributed by atoms with Gasteiger partial charge in [-0.2, -0.15) is 0 Å². The van der Waals surface area contributed by atoms with Gasteiger partial charge in [-0.1, -0.05) is 11.6 Å². The van der Waals surface area contributed by atoms with Crippen LogP contribution in [0, 0.1) is 11.6 Å². The van der Waals surface area contributed by atoms with E-state index in [1.807, 2.05) is 0 Å². The van der Waals surface area contributed by atoms with Crippen LogP contribution in [-0.2, 0) is 6.61 Å². The van der Waals surface area contributed by atoms with Crippen molar-refractivity contribution in [1.82, 2.24) is 0 Å². The Balaban J connectivity index is 2.26. The Labute approximate surface area is 132 Å². The molecule has 0 bridgehead atoms. The van der Waals surface area contributed by atoms with Crippen molar-refractivity contribution < 1.29 is 23.4 Å². The molecule has 0 heterocycles. The number of carbonyl (C=O) groups is 1. The summed E-state index contributed by atoms with van der Waals surface area (Å²) in [7, 11) is 0. The lowest BCUT2D eigenvalue weighted by Crippen LogP contribution is -2.06. The van der Waals surface area contributed by atoms with Crippen molar-refractivity contribution in [3.05, 3.63) is 62.6 Å². The van der Waals surface area contributed by atoms with E-state index in [1.54, 1.807) is 0 Å². The topological polar surface area (TPSA) is 46.5 Å². The fraction of sp³-hybridized carbons (Fsp3) is 0.0714. The summed E-state index contributed by atoms with van der Waals surface area (Å²) < 4.78 is 32.3. The van der Waals surface area contributed by atoms with Gasteiger partial charge >= 0.3 is 5.97 Å². The first-order valence-electron chi connectivity index (χ1n) is 5.67. The maximum atomic E-state index is 13.4. The van der Waals surface area contributed by atoms with Crippen LogP contribution in [0.15, 0.2) is 34.8 Å². The van der Waals surface area contributed by atoms with Gasteiger partial charge in [0.25, 0.3) is 0 Å². The van der Waals surface area contributed by atoms with Gasteiger partial charge in [0.15, 0.2) is 0 Å². The van der Waals surface area contributed by atoms with E-state index in [2.05, 4.69) is 15.9 Å². The minimum absolute atomic E-state index is 0.0776. The second-order valence-corrected chi connectivity index (χ2v) is 5.35. The molecule has 0 atom stereocenters. The van der Waals surface area contributed by atoms with Crippen molar-refractivity contribution in [1.29, 1.82) is 0 Å². The van der Waals surface area contributed by atoms with Crippen LogP contribution in [0.25, 0.3) is 0 Å². The third-order valence-corrected chi connectivity index (χ3v) is 3.57. The maximum absolute atomic E-state index is 13.4. The molecule has 0 unspecified atom stereocenters. The normalized spacial score (nSPS) is 10.5. The van der Waals surface area contributed by atoms with Crippen LogP contribution in [0.5, 0.6) is 5.75 Å². The molecule has 3 nitrogen and oxygen atoms in total. The van der Waals surface area contributed by atoms with Crippen LogP contribution in [-0.4, -0.2) is 11.1 Å². The fourth-order valence-electron chi connectivity index (χ4n) is 1.66. The quantitative estimate of drug-likeness (QED) is 0.789. The lowest BCUT2D eigenvalue weighted by Gasteiger charge is -2.11. The van der Waals surface area contributed by atoms with Gasteiger partial charge in [0.2, 0.25) is 0 Å².